The number of rotatable bonds is 9. The second kappa shape index (κ2) is 11.9. The lowest BCUT2D eigenvalue weighted by Gasteiger charge is -2.16. The number of carbonyl (C=O) groups is 2. The van der Waals surface area contributed by atoms with Gasteiger partial charge in [-0.25, -0.2) is 9.97 Å². The van der Waals surface area contributed by atoms with Gasteiger partial charge in [-0.3, -0.25) is 9.59 Å². The topological polar surface area (TPSA) is 107 Å². The third-order valence-electron chi connectivity index (χ3n) is 5.74. The molecule has 188 valence electrons. The lowest BCUT2D eigenvalue weighted by molar-refractivity contribution is 0.0941. The predicted molar refractivity (Wildman–Crippen MR) is 145 cm³/mol. The van der Waals surface area contributed by atoms with E-state index in [1.165, 1.54) is 6.20 Å². The quantitative estimate of drug-likeness (QED) is 0.319. The third-order valence-corrected chi connectivity index (χ3v) is 5.74. The van der Waals surface area contributed by atoms with E-state index in [-0.39, 0.29) is 18.4 Å². The molecule has 1 aromatic heterocycles. The summed E-state index contributed by atoms with van der Waals surface area (Å²) in [7, 11) is 3.68. The van der Waals surface area contributed by atoms with Crippen LogP contribution in [0.25, 0.3) is 11.3 Å². The predicted octanol–water partition coefficient (Wildman–Crippen LogP) is 4.32. The first-order valence-electron chi connectivity index (χ1n) is 11.9. The van der Waals surface area contributed by atoms with Crippen molar-refractivity contribution in [2.45, 2.75) is 12.5 Å². The molecule has 3 N–H and O–H groups in total. The van der Waals surface area contributed by atoms with Gasteiger partial charge in [-0.15, -0.1) is 0 Å². The van der Waals surface area contributed by atoms with Crippen LogP contribution >= 0.6 is 0 Å². The standard InChI is InChI=1S/C29H29N5O3/c1-34(2)29-31-19-24(26(33-29)20-10-5-3-6-11-20)28(37)30-17-16-25(35)22-14-9-15-23(18-22)32-27(36)21-12-7-4-8-13-21/h3-15,18-19,25,35H,16-17H2,1-2H3,(H,30,37)(H,32,36). The Balaban J connectivity index is 1.39. The number of carbonyl (C=O) groups excluding carboxylic acids is 2. The Kier molecular flexibility index (Phi) is 8.22. The zero-order chi connectivity index (χ0) is 26.2. The normalized spacial score (nSPS) is 11.4. The van der Waals surface area contributed by atoms with E-state index in [4.69, 9.17) is 0 Å². The molecule has 4 rings (SSSR count). The molecule has 8 nitrogen and oxygen atoms in total. The van der Waals surface area contributed by atoms with Gasteiger partial charge < -0.3 is 20.6 Å². The Morgan fingerprint density at radius 3 is 2.32 bits per heavy atom. The highest BCUT2D eigenvalue weighted by molar-refractivity contribution is 6.04. The molecule has 0 spiro atoms. The van der Waals surface area contributed by atoms with Crippen LogP contribution in [0.4, 0.5) is 11.6 Å². The molecule has 8 heteroatoms. The number of aliphatic hydroxyl groups is 1. The zero-order valence-corrected chi connectivity index (χ0v) is 20.8. The number of aliphatic hydroxyl groups excluding tert-OH is 1. The Labute approximate surface area is 216 Å². The number of anilines is 2. The summed E-state index contributed by atoms with van der Waals surface area (Å²) in [5.74, 6) is -0.0403. The molecule has 0 radical (unpaired) electrons. The van der Waals surface area contributed by atoms with Gasteiger partial charge in [-0.2, -0.15) is 0 Å². The molecule has 1 atom stereocenters. The monoisotopic (exact) mass is 495 g/mol. The molecule has 0 bridgehead atoms. The smallest absolute Gasteiger partial charge is 0.255 e. The number of aromatic nitrogens is 2. The van der Waals surface area contributed by atoms with Gasteiger partial charge in [0.2, 0.25) is 5.95 Å². The van der Waals surface area contributed by atoms with Crippen LogP contribution in [0.3, 0.4) is 0 Å². The molecule has 0 saturated heterocycles. The SMILES string of the molecule is CN(C)c1ncc(C(=O)NCCC(O)c2cccc(NC(=O)c3ccccc3)c2)c(-c2ccccc2)n1. The molecule has 0 saturated carbocycles. The van der Waals surface area contributed by atoms with Crippen molar-refractivity contribution in [2.75, 3.05) is 30.9 Å². The van der Waals surface area contributed by atoms with E-state index in [0.717, 1.165) is 5.56 Å². The maximum atomic E-state index is 13.0. The molecule has 2 amide bonds. The summed E-state index contributed by atoms with van der Waals surface area (Å²) in [6.07, 6.45) is 0.990. The van der Waals surface area contributed by atoms with Crippen LogP contribution in [0.2, 0.25) is 0 Å². The fourth-order valence-corrected chi connectivity index (χ4v) is 3.77. The van der Waals surface area contributed by atoms with Crippen molar-refractivity contribution >= 4 is 23.5 Å². The molecule has 3 aromatic carbocycles. The van der Waals surface area contributed by atoms with Crippen molar-refractivity contribution in [3.63, 3.8) is 0 Å². The van der Waals surface area contributed by atoms with Crippen LogP contribution in [0.5, 0.6) is 0 Å². The van der Waals surface area contributed by atoms with Crippen molar-refractivity contribution in [1.82, 2.24) is 15.3 Å². The van der Waals surface area contributed by atoms with Gasteiger partial charge in [0.1, 0.15) is 0 Å². The van der Waals surface area contributed by atoms with Crippen LogP contribution in [0.1, 0.15) is 38.8 Å². The third kappa shape index (κ3) is 6.56. The first-order chi connectivity index (χ1) is 17.9. The van der Waals surface area contributed by atoms with E-state index in [2.05, 4.69) is 20.6 Å². The summed E-state index contributed by atoms with van der Waals surface area (Å²) in [4.78, 5) is 36.1. The highest BCUT2D eigenvalue weighted by atomic mass is 16.3. The number of hydrogen-bond acceptors (Lipinski definition) is 6. The lowest BCUT2D eigenvalue weighted by atomic mass is 10.0. The van der Waals surface area contributed by atoms with Crippen molar-refractivity contribution < 1.29 is 14.7 Å². The van der Waals surface area contributed by atoms with E-state index >= 15 is 0 Å². The number of benzene rings is 3. The van der Waals surface area contributed by atoms with Crippen LogP contribution < -0.4 is 15.5 Å². The molecule has 0 fully saturated rings. The highest BCUT2D eigenvalue weighted by Crippen LogP contribution is 2.24. The van der Waals surface area contributed by atoms with Gasteiger partial charge >= 0.3 is 0 Å². The number of nitrogens with zero attached hydrogens (tertiary/aromatic N) is 3. The van der Waals surface area contributed by atoms with Gasteiger partial charge in [0.05, 0.1) is 17.4 Å². The Bertz CT molecular complexity index is 1360. The zero-order valence-electron chi connectivity index (χ0n) is 20.8. The van der Waals surface area contributed by atoms with E-state index in [1.54, 1.807) is 53.4 Å². The number of hydrogen-bond donors (Lipinski definition) is 3. The molecule has 0 aliphatic heterocycles. The largest absolute Gasteiger partial charge is 0.388 e. The maximum Gasteiger partial charge on any atom is 0.255 e. The molecule has 1 heterocycles. The van der Waals surface area contributed by atoms with Crippen LogP contribution in [0.15, 0.2) is 91.1 Å². The second-order valence-corrected chi connectivity index (χ2v) is 8.70. The van der Waals surface area contributed by atoms with E-state index < -0.39 is 6.10 Å². The molecule has 4 aromatic rings. The van der Waals surface area contributed by atoms with Crippen molar-refractivity contribution in [3.8, 4) is 11.3 Å². The average molecular weight is 496 g/mol. The summed E-state index contributed by atoms with van der Waals surface area (Å²) < 4.78 is 0. The molecule has 37 heavy (non-hydrogen) atoms. The summed E-state index contributed by atoms with van der Waals surface area (Å²) in [5.41, 5.74) is 3.49. The summed E-state index contributed by atoms with van der Waals surface area (Å²) >= 11 is 0. The molecule has 0 aliphatic rings. The minimum atomic E-state index is -0.824. The van der Waals surface area contributed by atoms with Gasteiger partial charge in [-0.05, 0) is 36.2 Å². The van der Waals surface area contributed by atoms with E-state index in [0.29, 0.717) is 40.4 Å². The van der Waals surface area contributed by atoms with Crippen molar-refractivity contribution in [3.05, 3.63) is 108 Å². The maximum absolute atomic E-state index is 13.0. The Hall–Kier alpha value is -4.56. The molecular formula is C29H29N5O3. The highest BCUT2D eigenvalue weighted by Gasteiger charge is 2.18. The Morgan fingerprint density at radius 2 is 1.62 bits per heavy atom. The lowest BCUT2D eigenvalue weighted by Crippen LogP contribution is -2.27. The van der Waals surface area contributed by atoms with Crippen molar-refractivity contribution in [1.29, 1.82) is 0 Å². The first-order valence-corrected chi connectivity index (χ1v) is 11.9. The fourth-order valence-electron chi connectivity index (χ4n) is 3.77. The molecule has 0 aliphatic carbocycles. The van der Waals surface area contributed by atoms with E-state index in [1.807, 2.05) is 50.5 Å². The molecular weight excluding hydrogens is 466 g/mol. The van der Waals surface area contributed by atoms with Crippen LogP contribution in [-0.4, -0.2) is 47.5 Å². The van der Waals surface area contributed by atoms with Gasteiger partial charge in [0.15, 0.2) is 0 Å². The van der Waals surface area contributed by atoms with E-state index in [9.17, 15) is 14.7 Å². The minimum Gasteiger partial charge on any atom is -0.388 e. The number of amides is 2. The van der Waals surface area contributed by atoms with Crippen LogP contribution in [0, 0.1) is 0 Å². The average Bonchev–Trinajstić information content (AvgIpc) is 2.93. The second-order valence-electron chi connectivity index (χ2n) is 8.70. The number of nitrogens with one attached hydrogen (secondary N) is 2. The fraction of sp³-hybridized carbons (Fsp3) is 0.172. The summed E-state index contributed by atoms with van der Waals surface area (Å²) in [5, 5.41) is 16.4. The molecule has 1 unspecified atom stereocenters. The summed E-state index contributed by atoms with van der Waals surface area (Å²) in [6, 6.07) is 25.4. The van der Waals surface area contributed by atoms with Crippen LogP contribution in [-0.2, 0) is 0 Å². The van der Waals surface area contributed by atoms with Crippen molar-refractivity contribution in [2.24, 2.45) is 0 Å². The minimum absolute atomic E-state index is 0.226. The van der Waals surface area contributed by atoms with Gasteiger partial charge in [0.25, 0.3) is 11.8 Å². The summed E-state index contributed by atoms with van der Waals surface area (Å²) in [6.45, 7) is 0.240. The van der Waals surface area contributed by atoms with Gasteiger partial charge in [0, 0.05) is 43.7 Å². The first kappa shape index (κ1) is 25.5. The van der Waals surface area contributed by atoms with Gasteiger partial charge in [-0.1, -0.05) is 60.7 Å². The Morgan fingerprint density at radius 1 is 0.919 bits per heavy atom.